The summed E-state index contributed by atoms with van der Waals surface area (Å²) >= 11 is 10.9. The predicted molar refractivity (Wildman–Crippen MR) is 85.4 cm³/mol. The van der Waals surface area contributed by atoms with E-state index in [1.54, 1.807) is 0 Å². The molecule has 0 saturated heterocycles. The molecule has 0 spiro atoms. The Balaban J connectivity index is 1.89. The lowest BCUT2D eigenvalue weighted by atomic mass is 10.2. The highest BCUT2D eigenvalue weighted by Gasteiger charge is 2.04. The van der Waals surface area contributed by atoms with Gasteiger partial charge < -0.3 is 9.73 Å². The van der Waals surface area contributed by atoms with E-state index in [1.165, 1.54) is 0 Å². The summed E-state index contributed by atoms with van der Waals surface area (Å²) in [5.41, 5.74) is 6.87. The third kappa shape index (κ3) is 4.23. The van der Waals surface area contributed by atoms with Crippen LogP contribution in [0.15, 0.2) is 40.8 Å². The molecule has 0 radical (unpaired) electrons. The molecule has 0 aliphatic carbocycles. The van der Waals surface area contributed by atoms with Crippen LogP contribution >= 0.6 is 23.8 Å². The van der Waals surface area contributed by atoms with Gasteiger partial charge in [0, 0.05) is 17.1 Å². The first-order valence-corrected chi connectivity index (χ1v) is 7.09. The fourth-order valence-corrected chi connectivity index (χ4v) is 2.00. The van der Waals surface area contributed by atoms with Gasteiger partial charge in [0.25, 0.3) is 0 Å². The number of hydrogen-bond acceptors (Lipinski definition) is 3. The second kappa shape index (κ2) is 7.28. The number of halogens is 1. The van der Waals surface area contributed by atoms with Crippen molar-refractivity contribution in [2.75, 3.05) is 6.54 Å². The van der Waals surface area contributed by atoms with Crippen molar-refractivity contribution in [3.8, 4) is 11.3 Å². The van der Waals surface area contributed by atoms with Crippen molar-refractivity contribution in [3.63, 3.8) is 0 Å². The number of furan rings is 1. The minimum absolute atomic E-state index is 0.541. The fourth-order valence-electron chi connectivity index (χ4n) is 1.66. The molecule has 1 heterocycles. The van der Waals surface area contributed by atoms with Gasteiger partial charge in [-0.05, 0) is 55.5 Å². The molecular formula is C14H16ClN3OS. The summed E-state index contributed by atoms with van der Waals surface area (Å²) < 4.78 is 5.74. The Morgan fingerprint density at radius 1 is 1.20 bits per heavy atom. The normalized spacial score (nSPS) is 10.3. The van der Waals surface area contributed by atoms with Crippen LogP contribution in [0.4, 0.5) is 0 Å². The molecule has 106 valence electrons. The molecule has 0 amide bonds. The van der Waals surface area contributed by atoms with Gasteiger partial charge in [-0.15, -0.1) is 0 Å². The van der Waals surface area contributed by atoms with E-state index in [9.17, 15) is 0 Å². The van der Waals surface area contributed by atoms with Crippen molar-refractivity contribution < 1.29 is 4.42 Å². The first-order chi connectivity index (χ1) is 9.69. The smallest absolute Gasteiger partial charge is 0.180 e. The summed E-state index contributed by atoms with van der Waals surface area (Å²) in [5, 5.41) is 4.26. The van der Waals surface area contributed by atoms with E-state index in [-0.39, 0.29) is 0 Å². The Kier molecular flexibility index (Phi) is 5.40. The summed E-state index contributed by atoms with van der Waals surface area (Å²) in [4.78, 5) is 0. The van der Waals surface area contributed by atoms with Crippen molar-refractivity contribution in [3.05, 3.63) is 47.2 Å². The lowest BCUT2D eigenvalue weighted by Gasteiger charge is -2.08. The van der Waals surface area contributed by atoms with Crippen LogP contribution in [0.1, 0.15) is 12.7 Å². The molecule has 0 bridgehead atoms. The highest BCUT2D eigenvalue weighted by molar-refractivity contribution is 7.80. The maximum atomic E-state index is 5.86. The topological polar surface area (TPSA) is 49.2 Å². The Hall–Kier alpha value is -1.56. The van der Waals surface area contributed by atoms with Gasteiger partial charge in [-0.3, -0.25) is 5.43 Å². The van der Waals surface area contributed by atoms with Crippen LogP contribution in [0.2, 0.25) is 5.02 Å². The average Bonchev–Trinajstić information content (AvgIpc) is 2.89. The van der Waals surface area contributed by atoms with Crippen LogP contribution in [0.5, 0.6) is 0 Å². The predicted octanol–water partition coefficient (Wildman–Crippen LogP) is 3.09. The van der Waals surface area contributed by atoms with Crippen molar-refractivity contribution in [2.24, 2.45) is 0 Å². The van der Waals surface area contributed by atoms with Gasteiger partial charge >= 0.3 is 0 Å². The molecule has 2 aromatic rings. The lowest BCUT2D eigenvalue weighted by molar-refractivity contribution is 0.484. The van der Waals surface area contributed by atoms with E-state index in [1.807, 2.05) is 43.3 Å². The largest absolute Gasteiger partial charge is 0.460 e. The van der Waals surface area contributed by atoms with E-state index < -0.39 is 0 Å². The van der Waals surface area contributed by atoms with E-state index >= 15 is 0 Å². The Morgan fingerprint density at radius 2 is 1.95 bits per heavy atom. The van der Waals surface area contributed by atoms with Crippen LogP contribution in [0.3, 0.4) is 0 Å². The van der Waals surface area contributed by atoms with Crippen molar-refractivity contribution in [1.82, 2.24) is 16.2 Å². The van der Waals surface area contributed by atoms with Gasteiger partial charge in [0.05, 0.1) is 6.54 Å². The number of hydrazine groups is 1. The van der Waals surface area contributed by atoms with Crippen molar-refractivity contribution in [1.29, 1.82) is 0 Å². The summed E-state index contributed by atoms with van der Waals surface area (Å²) in [5.74, 6) is 1.63. The molecule has 0 fully saturated rings. The van der Waals surface area contributed by atoms with Crippen molar-refractivity contribution in [2.45, 2.75) is 13.5 Å². The minimum atomic E-state index is 0.541. The van der Waals surface area contributed by atoms with E-state index in [0.717, 1.165) is 23.6 Å². The monoisotopic (exact) mass is 309 g/mol. The quantitative estimate of drug-likeness (QED) is 0.585. The average molecular weight is 310 g/mol. The molecule has 1 aromatic heterocycles. The molecule has 0 atom stereocenters. The Labute approximate surface area is 128 Å². The molecule has 1 aromatic carbocycles. The van der Waals surface area contributed by atoms with Crippen molar-refractivity contribution >= 4 is 28.9 Å². The van der Waals surface area contributed by atoms with Gasteiger partial charge in [-0.25, -0.2) is 5.43 Å². The summed E-state index contributed by atoms with van der Waals surface area (Å²) in [6, 6.07) is 11.4. The van der Waals surface area contributed by atoms with E-state index in [0.29, 0.717) is 16.7 Å². The molecule has 0 aliphatic heterocycles. The van der Waals surface area contributed by atoms with Gasteiger partial charge in [-0.1, -0.05) is 11.6 Å². The molecule has 4 nitrogen and oxygen atoms in total. The first-order valence-electron chi connectivity index (χ1n) is 6.30. The fraction of sp³-hybridized carbons (Fsp3) is 0.214. The third-order valence-electron chi connectivity index (χ3n) is 2.59. The lowest BCUT2D eigenvalue weighted by Crippen LogP contribution is -2.43. The molecule has 0 unspecified atom stereocenters. The first kappa shape index (κ1) is 14.8. The number of rotatable bonds is 5. The van der Waals surface area contributed by atoms with Crippen LogP contribution < -0.4 is 16.2 Å². The maximum Gasteiger partial charge on any atom is 0.180 e. The number of nitrogens with one attached hydrogen (secondary N) is 3. The standard InChI is InChI=1S/C14H16ClN3OS/c1-2-16-14(20)18-17-9-12-7-8-13(19-12)10-3-5-11(15)6-4-10/h3-8,17H,2,9H2,1H3,(H2,16,18,20). The number of hydrogen-bond donors (Lipinski definition) is 3. The van der Waals surface area contributed by atoms with Crippen LogP contribution in [-0.2, 0) is 6.54 Å². The number of benzene rings is 1. The zero-order valence-electron chi connectivity index (χ0n) is 11.1. The maximum absolute atomic E-state index is 5.86. The minimum Gasteiger partial charge on any atom is -0.460 e. The zero-order valence-corrected chi connectivity index (χ0v) is 12.6. The van der Waals surface area contributed by atoms with Gasteiger partial charge in [0.15, 0.2) is 5.11 Å². The highest BCUT2D eigenvalue weighted by Crippen LogP contribution is 2.23. The molecule has 3 N–H and O–H groups in total. The molecule has 2 rings (SSSR count). The molecule has 0 aliphatic rings. The third-order valence-corrected chi connectivity index (χ3v) is 3.09. The highest BCUT2D eigenvalue weighted by atomic mass is 35.5. The second-order valence-electron chi connectivity index (χ2n) is 4.11. The summed E-state index contributed by atoms with van der Waals surface area (Å²) in [6.07, 6.45) is 0. The summed E-state index contributed by atoms with van der Waals surface area (Å²) in [7, 11) is 0. The summed E-state index contributed by atoms with van der Waals surface area (Å²) in [6.45, 7) is 3.31. The Bertz CT molecular complexity index is 568. The molecule has 0 saturated carbocycles. The van der Waals surface area contributed by atoms with Crippen LogP contribution in [-0.4, -0.2) is 11.7 Å². The Morgan fingerprint density at radius 3 is 2.65 bits per heavy atom. The van der Waals surface area contributed by atoms with Crippen LogP contribution in [0, 0.1) is 0 Å². The molecule has 20 heavy (non-hydrogen) atoms. The SMILES string of the molecule is CCNC(=S)NNCc1ccc(-c2ccc(Cl)cc2)o1. The molecule has 6 heteroatoms. The van der Waals surface area contributed by atoms with Gasteiger partial charge in [0.2, 0.25) is 0 Å². The van der Waals surface area contributed by atoms with Crippen LogP contribution in [0.25, 0.3) is 11.3 Å². The van der Waals surface area contributed by atoms with Gasteiger partial charge in [0.1, 0.15) is 11.5 Å². The zero-order chi connectivity index (χ0) is 14.4. The number of thiocarbonyl (C=S) groups is 1. The molecular weight excluding hydrogens is 294 g/mol. The second-order valence-corrected chi connectivity index (χ2v) is 4.96. The van der Waals surface area contributed by atoms with E-state index in [2.05, 4.69) is 16.2 Å². The van der Waals surface area contributed by atoms with Gasteiger partial charge in [-0.2, -0.15) is 0 Å². The van der Waals surface area contributed by atoms with E-state index in [4.69, 9.17) is 28.2 Å².